The molecule has 4 rings (SSSR count). The molecule has 1 fully saturated rings. The van der Waals surface area contributed by atoms with E-state index < -0.39 is 35.4 Å². The van der Waals surface area contributed by atoms with Crippen LogP contribution < -0.4 is 5.43 Å². The van der Waals surface area contributed by atoms with Gasteiger partial charge in [0.15, 0.2) is 4.32 Å². The van der Waals surface area contributed by atoms with Gasteiger partial charge in [-0.2, -0.15) is 26.3 Å². The topological polar surface area (TPSA) is 82.5 Å². The summed E-state index contributed by atoms with van der Waals surface area (Å²) in [4.78, 5) is 28.2. The van der Waals surface area contributed by atoms with E-state index in [1.54, 1.807) is 12.1 Å². The van der Waals surface area contributed by atoms with Crippen molar-refractivity contribution >= 4 is 46.3 Å². The minimum absolute atomic E-state index is 0.0385. The molecule has 3 aromatic rings. The first-order valence-corrected chi connectivity index (χ1v) is 12.6. The molecule has 1 aromatic heterocycles. The fourth-order valence-corrected chi connectivity index (χ4v) is 4.86. The predicted octanol–water partition coefficient (Wildman–Crippen LogP) is 6.43. The molecule has 14 heteroatoms. The second-order valence-electron chi connectivity index (χ2n) is 8.42. The van der Waals surface area contributed by atoms with Gasteiger partial charge in [-0.25, -0.2) is 20.2 Å². The van der Waals surface area contributed by atoms with Crippen molar-refractivity contribution < 1.29 is 41.0 Å². The van der Waals surface area contributed by atoms with Crippen LogP contribution in [0.1, 0.15) is 32.7 Å². The van der Waals surface area contributed by atoms with Gasteiger partial charge in [-0.1, -0.05) is 42.2 Å². The lowest BCUT2D eigenvalue weighted by Gasteiger charge is -2.15. The van der Waals surface area contributed by atoms with Gasteiger partial charge < -0.3 is 5.11 Å². The van der Waals surface area contributed by atoms with Gasteiger partial charge in [-0.3, -0.25) is 4.79 Å². The number of hydrogen-bond acceptors (Lipinski definition) is 6. The Kier molecular flexibility index (Phi) is 8.33. The molecule has 1 aliphatic heterocycles. The third-order valence-corrected chi connectivity index (χ3v) is 6.91. The molecule has 0 radical (unpaired) electrons. The van der Waals surface area contributed by atoms with Crippen LogP contribution in [0.15, 0.2) is 65.6 Å². The number of amides is 1. The van der Waals surface area contributed by atoms with E-state index in [0.29, 0.717) is 18.6 Å². The Morgan fingerprint density at radius 1 is 1.00 bits per heavy atom. The number of pyridine rings is 1. The molecule has 0 bridgehead atoms. The smallest absolute Gasteiger partial charge is 0.416 e. The van der Waals surface area contributed by atoms with Crippen LogP contribution in [0, 0.1) is 0 Å². The van der Waals surface area contributed by atoms with Gasteiger partial charge in [-0.05, 0) is 60.5 Å². The molecule has 0 spiro atoms. The minimum atomic E-state index is -5.00. The number of carbonyl (C=O) groups excluding carboxylic acids is 1. The summed E-state index contributed by atoms with van der Waals surface area (Å²) in [5.74, 6) is -1.56. The number of nitrogens with one attached hydrogen (secondary N) is 1. The molecule has 2 aromatic carbocycles. The molecule has 2 N–H and O–H groups in total. The SMILES string of the molecule is O=C(O)c1ccc(CCNN2C(=O)C(=Cc3cccc(-c4cc(C(F)(F)F)cc(C(F)(F)F)c4)n3)SC2=S)cc1. The summed E-state index contributed by atoms with van der Waals surface area (Å²) in [5, 5.41) is 10.1. The largest absolute Gasteiger partial charge is 0.478 e. The summed E-state index contributed by atoms with van der Waals surface area (Å²) in [6.07, 6.45) is -8.21. The van der Waals surface area contributed by atoms with Crippen LogP contribution in [-0.2, 0) is 23.6 Å². The third-order valence-electron chi connectivity index (χ3n) is 5.61. The number of rotatable bonds is 7. The predicted molar refractivity (Wildman–Crippen MR) is 140 cm³/mol. The Labute approximate surface area is 232 Å². The fraction of sp³-hybridized carbons (Fsp3) is 0.154. The van der Waals surface area contributed by atoms with Gasteiger partial charge in [-0.15, -0.1) is 0 Å². The quantitative estimate of drug-likeness (QED) is 0.185. The van der Waals surface area contributed by atoms with Gasteiger partial charge in [0.1, 0.15) is 0 Å². The molecule has 2 heterocycles. The van der Waals surface area contributed by atoms with E-state index in [1.807, 2.05) is 0 Å². The monoisotopic (exact) mass is 597 g/mol. The van der Waals surface area contributed by atoms with Gasteiger partial charge >= 0.3 is 18.3 Å². The van der Waals surface area contributed by atoms with Crippen LogP contribution in [0.25, 0.3) is 17.3 Å². The summed E-state index contributed by atoms with van der Waals surface area (Å²) in [5.41, 5.74) is 0.526. The Bertz CT molecular complexity index is 1470. The maximum absolute atomic E-state index is 13.3. The lowest BCUT2D eigenvalue weighted by Crippen LogP contribution is -2.42. The number of benzene rings is 2. The van der Waals surface area contributed by atoms with Crippen molar-refractivity contribution in [3.63, 3.8) is 0 Å². The molecule has 1 aliphatic rings. The summed E-state index contributed by atoms with van der Waals surface area (Å²) in [6.45, 7) is 0.289. The minimum Gasteiger partial charge on any atom is -0.478 e. The van der Waals surface area contributed by atoms with Crippen LogP contribution in [-0.4, -0.2) is 37.8 Å². The standard InChI is InChI=1S/C26H17F6N3O3S2/c27-25(28,29)17-10-16(11-18(12-17)26(30,31)32)20-3-1-2-19(34-20)13-21-22(36)35(24(39)40-21)33-9-8-14-4-6-15(7-5-14)23(37)38/h1-7,10-13,33H,8-9H2,(H,37,38). The number of aromatic carboxylic acids is 1. The van der Waals surface area contributed by atoms with E-state index in [1.165, 1.54) is 36.4 Å². The average molecular weight is 598 g/mol. The molecule has 6 nitrogen and oxygen atoms in total. The number of alkyl halides is 6. The van der Waals surface area contributed by atoms with E-state index in [9.17, 15) is 35.9 Å². The zero-order chi connectivity index (χ0) is 29.2. The number of thiocarbonyl (C=S) groups is 1. The van der Waals surface area contributed by atoms with E-state index in [0.717, 1.165) is 22.3 Å². The van der Waals surface area contributed by atoms with Crippen molar-refractivity contribution in [1.82, 2.24) is 15.4 Å². The number of carboxylic acids is 1. The van der Waals surface area contributed by atoms with Crippen molar-refractivity contribution in [2.24, 2.45) is 0 Å². The van der Waals surface area contributed by atoms with Crippen molar-refractivity contribution in [2.75, 3.05) is 6.54 Å². The van der Waals surface area contributed by atoms with E-state index in [2.05, 4.69) is 10.4 Å². The van der Waals surface area contributed by atoms with Crippen molar-refractivity contribution in [1.29, 1.82) is 0 Å². The van der Waals surface area contributed by atoms with E-state index >= 15 is 0 Å². The van der Waals surface area contributed by atoms with Crippen LogP contribution in [0.5, 0.6) is 0 Å². The molecule has 208 valence electrons. The number of aromatic nitrogens is 1. The maximum atomic E-state index is 13.3. The second kappa shape index (κ2) is 11.4. The Morgan fingerprint density at radius 2 is 1.62 bits per heavy atom. The lowest BCUT2D eigenvalue weighted by atomic mass is 10.0. The highest BCUT2D eigenvalue weighted by Crippen LogP contribution is 2.38. The van der Waals surface area contributed by atoms with Crippen LogP contribution >= 0.6 is 24.0 Å². The first kappa shape index (κ1) is 29.2. The van der Waals surface area contributed by atoms with Gasteiger partial charge in [0.25, 0.3) is 5.91 Å². The maximum Gasteiger partial charge on any atom is 0.416 e. The second-order valence-corrected chi connectivity index (χ2v) is 10.1. The highest BCUT2D eigenvalue weighted by Gasteiger charge is 2.37. The summed E-state index contributed by atoms with van der Waals surface area (Å²) < 4.78 is 79.8. The number of thioether (sulfide) groups is 1. The molecule has 1 amide bonds. The number of hydrazine groups is 1. The number of carboxylic acid groups (broad SMARTS) is 1. The number of hydrogen-bond donors (Lipinski definition) is 2. The molecule has 0 atom stereocenters. The van der Waals surface area contributed by atoms with Crippen molar-refractivity contribution in [2.45, 2.75) is 18.8 Å². The zero-order valence-corrected chi connectivity index (χ0v) is 21.6. The summed E-state index contributed by atoms with van der Waals surface area (Å²) in [7, 11) is 0. The third kappa shape index (κ3) is 6.87. The molecule has 40 heavy (non-hydrogen) atoms. The van der Waals surface area contributed by atoms with Gasteiger partial charge in [0.05, 0.1) is 33.0 Å². The highest BCUT2D eigenvalue weighted by atomic mass is 32.2. The summed E-state index contributed by atoms with van der Waals surface area (Å²) >= 11 is 6.20. The molecule has 0 unspecified atom stereocenters. The summed E-state index contributed by atoms with van der Waals surface area (Å²) in [6, 6.07) is 11.5. The average Bonchev–Trinajstić information content (AvgIpc) is 3.15. The first-order chi connectivity index (χ1) is 18.7. The van der Waals surface area contributed by atoms with Crippen LogP contribution in [0.4, 0.5) is 26.3 Å². The normalized spacial score (nSPS) is 15.2. The Hall–Kier alpha value is -3.75. The van der Waals surface area contributed by atoms with Crippen molar-refractivity contribution in [3.8, 4) is 11.3 Å². The Morgan fingerprint density at radius 3 is 2.20 bits per heavy atom. The number of nitrogens with zero attached hydrogens (tertiary/aromatic N) is 2. The lowest BCUT2D eigenvalue weighted by molar-refractivity contribution is -0.143. The number of carbonyl (C=O) groups is 2. The Balaban J connectivity index is 1.51. The molecule has 1 saturated heterocycles. The molecular formula is C26H17F6N3O3S2. The van der Waals surface area contributed by atoms with Gasteiger partial charge in [0, 0.05) is 12.1 Å². The van der Waals surface area contributed by atoms with Crippen LogP contribution in [0.2, 0.25) is 0 Å². The number of halogens is 6. The van der Waals surface area contributed by atoms with Gasteiger partial charge in [0.2, 0.25) is 0 Å². The van der Waals surface area contributed by atoms with E-state index in [-0.39, 0.29) is 44.4 Å². The zero-order valence-electron chi connectivity index (χ0n) is 20.0. The molecule has 0 aliphatic carbocycles. The highest BCUT2D eigenvalue weighted by molar-refractivity contribution is 8.26. The fourth-order valence-electron chi connectivity index (χ4n) is 3.66. The molecular weight excluding hydrogens is 580 g/mol. The van der Waals surface area contributed by atoms with E-state index in [4.69, 9.17) is 17.3 Å². The first-order valence-electron chi connectivity index (χ1n) is 11.3. The molecule has 0 saturated carbocycles. The van der Waals surface area contributed by atoms with Crippen LogP contribution in [0.3, 0.4) is 0 Å². The van der Waals surface area contributed by atoms with Crippen molar-refractivity contribution in [3.05, 3.63) is 93.5 Å².